The summed E-state index contributed by atoms with van der Waals surface area (Å²) in [6, 6.07) is 13.0. The second kappa shape index (κ2) is 7.36. The Bertz CT molecular complexity index is 975. The fourth-order valence-corrected chi connectivity index (χ4v) is 2.51. The maximum atomic E-state index is 13.2. The predicted octanol–water partition coefficient (Wildman–Crippen LogP) is 5.37. The van der Waals surface area contributed by atoms with E-state index >= 15 is 0 Å². The molecule has 0 unspecified atom stereocenters. The van der Waals surface area contributed by atoms with E-state index in [1.165, 1.54) is 24.3 Å². The number of halogens is 4. The van der Waals surface area contributed by atoms with Gasteiger partial charge in [-0.25, -0.2) is 14.8 Å². The number of alkyl halides is 3. The lowest BCUT2D eigenvalue weighted by atomic mass is 10.1. The molecule has 3 rings (SSSR count). The summed E-state index contributed by atoms with van der Waals surface area (Å²) in [6.45, 7) is 0. The Morgan fingerprint density at radius 1 is 1.00 bits per heavy atom. The van der Waals surface area contributed by atoms with Crippen LogP contribution in [0.25, 0.3) is 11.3 Å². The van der Waals surface area contributed by atoms with Gasteiger partial charge in [-0.05, 0) is 42.5 Å². The molecule has 0 aliphatic carbocycles. The first-order valence-electron chi connectivity index (χ1n) is 7.55. The standard InChI is InChI=1S/C18H11BrF3N3O2/c19-12-5-1-10(2-6-12)14-9-15(18(20,21)22)25-17(24-14)23-13-7-3-11(4-8-13)16(26)27/h1-9H,(H,26,27)(H,23,24,25). The number of aromatic carboxylic acids is 1. The molecule has 1 aromatic heterocycles. The third kappa shape index (κ3) is 4.62. The van der Waals surface area contributed by atoms with Gasteiger partial charge in [-0.3, -0.25) is 0 Å². The predicted molar refractivity (Wildman–Crippen MR) is 96.9 cm³/mol. The summed E-state index contributed by atoms with van der Waals surface area (Å²) in [5.74, 6) is -1.35. The van der Waals surface area contributed by atoms with Crippen LogP contribution < -0.4 is 5.32 Å². The molecule has 1 heterocycles. The molecule has 0 aliphatic rings. The first kappa shape index (κ1) is 18.8. The van der Waals surface area contributed by atoms with E-state index in [9.17, 15) is 18.0 Å². The van der Waals surface area contributed by atoms with Gasteiger partial charge in [0.2, 0.25) is 5.95 Å². The zero-order valence-electron chi connectivity index (χ0n) is 13.5. The molecule has 0 saturated carbocycles. The van der Waals surface area contributed by atoms with E-state index in [0.717, 1.165) is 10.5 Å². The molecule has 0 saturated heterocycles. The lowest BCUT2D eigenvalue weighted by Crippen LogP contribution is -2.11. The van der Waals surface area contributed by atoms with Gasteiger partial charge in [-0.2, -0.15) is 13.2 Å². The van der Waals surface area contributed by atoms with E-state index in [1.807, 2.05) is 0 Å². The van der Waals surface area contributed by atoms with Gasteiger partial charge < -0.3 is 10.4 Å². The minimum Gasteiger partial charge on any atom is -0.478 e. The fourth-order valence-electron chi connectivity index (χ4n) is 2.24. The number of hydrogen-bond donors (Lipinski definition) is 2. The number of nitrogens with zero attached hydrogens (tertiary/aromatic N) is 2. The molecule has 0 fully saturated rings. The van der Waals surface area contributed by atoms with Crippen molar-refractivity contribution in [2.75, 3.05) is 5.32 Å². The summed E-state index contributed by atoms with van der Waals surface area (Å²) in [6.07, 6.45) is -4.64. The van der Waals surface area contributed by atoms with Crippen molar-refractivity contribution in [3.8, 4) is 11.3 Å². The number of benzene rings is 2. The van der Waals surface area contributed by atoms with Crippen LogP contribution in [0.4, 0.5) is 24.8 Å². The SMILES string of the molecule is O=C(O)c1ccc(Nc2nc(-c3ccc(Br)cc3)cc(C(F)(F)F)n2)cc1. The number of carboxylic acid groups (broad SMARTS) is 1. The fraction of sp³-hybridized carbons (Fsp3) is 0.0556. The Balaban J connectivity index is 1.99. The molecule has 2 N–H and O–H groups in total. The second-order valence-electron chi connectivity index (χ2n) is 5.47. The first-order valence-corrected chi connectivity index (χ1v) is 8.34. The molecule has 138 valence electrons. The number of nitrogens with one attached hydrogen (secondary N) is 1. The first-order chi connectivity index (χ1) is 12.7. The van der Waals surface area contributed by atoms with Gasteiger partial charge in [-0.1, -0.05) is 28.1 Å². The summed E-state index contributed by atoms with van der Waals surface area (Å²) < 4.78 is 40.4. The van der Waals surface area contributed by atoms with Crippen LogP contribution in [0.5, 0.6) is 0 Å². The second-order valence-corrected chi connectivity index (χ2v) is 6.39. The third-order valence-electron chi connectivity index (χ3n) is 3.54. The number of aromatic nitrogens is 2. The van der Waals surface area contributed by atoms with Crippen LogP contribution in [0.1, 0.15) is 16.1 Å². The average Bonchev–Trinajstić information content (AvgIpc) is 2.62. The van der Waals surface area contributed by atoms with E-state index in [2.05, 4.69) is 31.2 Å². The molecule has 0 atom stereocenters. The van der Waals surface area contributed by atoms with Crippen molar-refractivity contribution in [1.82, 2.24) is 9.97 Å². The molecular formula is C18H11BrF3N3O2. The van der Waals surface area contributed by atoms with Crippen molar-refractivity contribution >= 4 is 33.5 Å². The van der Waals surface area contributed by atoms with Crippen molar-refractivity contribution in [2.24, 2.45) is 0 Å². The molecule has 0 aliphatic heterocycles. The quantitative estimate of drug-likeness (QED) is 0.573. The lowest BCUT2D eigenvalue weighted by molar-refractivity contribution is -0.141. The number of anilines is 2. The van der Waals surface area contributed by atoms with Crippen LogP contribution in [0.3, 0.4) is 0 Å². The number of carbonyl (C=O) groups is 1. The summed E-state index contributed by atoms with van der Waals surface area (Å²) >= 11 is 3.27. The van der Waals surface area contributed by atoms with Crippen LogP contribution in [-0.2, 0) is 6.18 Å². The lowest BCUT2D eigenvalue weighted by Gasteiger charge is -2.12. The molecular weight excluding hydrogens is 427 g/mol. The van der Waals surface area contributed by atoms with Crippen molar-refractivity contribution in [3.63, 3.8) is 0 Å². The Morgan fingerprint density at radius 3 is 2.19 bits per heavy atom. The number of hydrogen-bond acceptors (Lipinski definition) is 4. The molecule has 2 aromatic carbocycles. The van der Waals surface area contributed by atoms with Crippen molar-refractivity contribution < 1.29 is 23.1 Å². The van der Waals surface area contributed by atoms with Crippen LogP contribution in [0, 0.1) is 0 Å². The van der Waals surface area contributed by atoms with Crippen LogP contribution in [0.2, 0.25) is 0 Å². The monoisotopic (exact) mass is 437 g/mol. The van der Waals surface area contributed by atoms with Gasteiger partial charge in [0, 0.05) is 15.7 Å². The van der Waals surface area contributed by atoms with E-state index in [-0.39, 0.29) is 17.2 Å². The zero-order chi connectivity index (χ0) is 19.6. The number of rotatable bonds is 4. The van der Waals surface area contributed by atoms with Crippen LogP contribution >= 0.6 is 15.9 Å². The third-order valence-corrected chi connectivity index (χ3v) is 4.07. The summed E-state index contributed by atoms with van der Waals surface area (Å²) in [7, 11) is 0. The molecule has 0 bridgehead atoms. The Hall–Kier alpha value is -2.94. The van der Waals surface area contributed by atoms with Crippen molar-refractivity contribution in [1.29, 1.82) is 0 Å². The van der Waals surface area contributed by atoms with E-state index in [4.69, 9.17) is 5.11 Å². The van der Waals surface area contributed by atoms with Gasteiger partial charge in [0.05, 0.1) is 11.3 Å². The normalized spacial score (nSPS) is 11.3. The molecule has 0 spiro atoms. The Labute approximate surface area is 160 Å². The highest BCUT2D eigenvalue weighted by atomic mass is 79.9. The zero-order valence-corrected chi connectivity index (χ0v) is 15.0. The van der Waals surface area contributed by atoms with E-state index in [0.29, 0.717) is 11.3 Å². The average molecular weight is 438 g/mol. The van der Waals surface area contributed by atoms with Gasteiger partial charge in [0.15, 0.2) is 5.69 Å². The highest BCUT2D eigenvalue weighted by Gasteiger charge is 2.33. The maximum Gasteiger partial charge on any atom is 0.433 e. The van der Waals surface area contributed by atoms with E-state index in [1.54, 1.807) is 24.3 Å². The Kier molecular flexibility index (Phi) is 5.13. The minimum atomic E-state index is -4.64. The topological polar surface area (TPSA) is 75.1 Å². The molecule has 0 amide bonds. The highest BCUT2D eigenvalue weighted by molar-refractivity contribution is 9.10. The largest absolute Gasteiger partial charge is 0.478 e. The molecule has 0 radical (unpaired) electrons. The number of carboxylic acids is 1. The van der Waals surface area contributed by atoms with E-state index < -0.39 is 17.8 Å². The molecule has 5 nitrogen and oxygen atoms in total. The smallest absolute Gasteiger partial charge is 0.433 e. The van der Waals surface area contributed by atoms with Crippen LogP contribution in [0.15, 0.2) is 59.1 Å². The summed E-state index contributed by atoms with van der Waals surface area (Å²) in [5, 5.41) is 11.6. The molecule has 27 heavy (non-hydrogen) atoms. The minimum absolute atomic E-state index is 0.0565. The summed E-state index contributed by atoms with van der Waals surface area (Å²) in [4.78, 5) is 18.6. The van der Waals surface area contributed by atoms with Crippen molar-refractivity contribution in [3.05, 3.63) is 70.3 Å². The maximum absolute atomic E-state index is 13.2. The highest BCUT2D eigenvalue weighted by Crippen LogP contribution is 2.32. The van der Waals surface area contributed by atoms with Crippen LogP contribution in [-0.4, -0.2) is 21.0 Å². The van der Waals surface area contributed by atoms with Crippen molar-refractivity contribution in [2.45, 2.75) is 6.18 Å². The molecule has 3 aromatic rings. The summed E-state index contributed by atoms with van der Waals surface area (Å²) in [5.41, 5.74) is -0.0629. The Morgan fingerprint density at radius 2 is 1.63 bits per heavy atom. The van der Waals surface area contributed by atoms with Gasteiger partial charge >= 0.3 is 12.1 Å². The molecule has 9 heteroatoms. The van der Waals surface area contributed by atoms with Gasteiger partial charge in [-0.15, -0.1) is 0 Å². The van der Waals surface area contributed by atoms with Gasteiger partial charge in [0.25, 0.3) is 0 Å². The van der Waals surface area contributed by atoms with Gasteiger partial charge in [0.1, 0.15) is 0 Å².